The third kappa shape index (κ3) is 2.22. The van der Waals surface area contributed by atoms with E-state index in [9.17, 15) is 14.3 Å². The molecule has 0 bridgehead atoms. The van der Waals surface area contributed by atoms with Gasteiger partial charge in [0.15, 0.2) is 0 Å². The largest absolute Gasteiger partial charge is 0.386 e. The highest BCUT2D eigenvalue weighted by atomic mass is 35.5. The van der Waals surface area contributed by atoms with E-state index < -0.39 is 11.4 Å². The summed E-state index contributed by atoms with van der Waals surface area (Å²) < 4.78 is 13.4. The number of benzene rings is 1. The van der Waals surface area contributed by atoms with Crippen LogP contribution in [0.1, 0.15) is 23.2 Å². The number of carbonyl (C=O) groups excluding carboxylic acids is 1. The van der Waals surface area contributed by atoms with Crippen LogP contribution in [0.2, 0.25) is 10.0 Å². The Balaban J connectivity index is 1.77. The molecule has 0 atom stereocenters. The minimum atomic E-state index is -0.757. The zero-order valence-electron chi connectivity index (χ0n) is 10.00. The van der Waals surface area contributed by atoms with Crippen LogP contribution in [0.3, 0.4) is 0 Å². The molecule has 1 amide bonds. The van der Waals surface area contributed by atoms with Gasteiger partial charge in [0, 0.05) is 0 Å². The minimum absolute atomic E-state index is 0.0846. The summed E-state index contributed by atoms with van der Waals surface area (Å²) in [5, 5.41) is 10.2. The lowest BCUT2D eigenvalue weighted by Crippen LogP contribution is -2.64. The van der Waals surface area contributed by atoms with Gasteiger partial charge in [-0.1, -0.05) is 23.2 Å². The van der Waals surface area contributed by atoms with Gasteiger partial charge >= 0.3 is 0 Å². The Morgan fingerprint density at radius 1 is 1.32 bits per heavy atom. The number of hydrogen-bond donors (Lipinski definition) is 1. The van der Waals surface area contributed by atoms with E-state index in [0.717, 1.165) is 18.9 Å². The van der Waals surface area contributed by atoms with E-state index in [-0.39, 0.29) is 34.6 Å². The van der Waals surface area contributed by atoms with Crippen molar-refractivity contribution in [2.75, 3.05) is 13.1 Å². The topological polar surface area (TPSA) is 40.5 Å². The average Bonchev–Trinajstić information content (AvgIpc) is 3.13. The van der Waals surface area contributed by atoms with Crippen LogP contribution in [-0.2, 0) is 0 Å². The molecule has 1 saturated carbocycles. The lowest BCUT2D eigenvalue weighted by Gasteiger charge is -2.47. The van der Waals surface area contributed by atoms with Crippen LogP contribution in [0.15, 0.2) is 12.1 Å². The van der Waals surface area contributed by atoms with Crippen molar-refractivity contribution in [2.45, 2.75) is 18.4 Å². The normalized spacial score (nSPS) is 21.2. The van der Waals surface area contributed by atoms with Gasteiger partial charge in [0.2, 0.25) is 0 Å². The van der Waals surface area contributed by atoms with E-state index >= 15 is 0 Å². The first-order chi connectivity index (χ1) is 8.90. The van der Waals surface area contributed by atoms with Crippen LogP contribution in [0, 0.1) is 11.7 Å². The maximum atomic E-state index is 13.4. The first-order valence-corrected chi connectivity index (χ1v) is 6.82. The number of carbonyl (C=O) groups is 1. The molecule has 0 unspecified atom stereocenters. The van der Waals surface area contributed by atoms with E-state index in [4.69, 9.17) is 23.2 Å². The molecule has 2 aliphatic rings. The van der Waals surface area contributed by atoms with E-state index in [0.29, 0.717) is 5.92 Å². The van der Waals surface area contributed by atoms with E-state index in [2.05, 4.69) is 0 Å². The van der Waals surface area contributed by atoms with Gasteiger partial charge in [0.05, 0.1) is 28.7 Å². The Hall–Kier alpha value is -0.840. The summed E-state index contributed by atoms with van der Waals surface area (Å²) in [5.74, 6) is -0.743. The molecule has 1 aliphatic heterocycles. The van der Waals surface area contributed by atoms with Gasteiger partial charge in [0.25, 0.3) is 5.91 Å². The quantitative estimate of drug-likeness (QED) is 0.854. The second kappa shape index (κ2) is 4.33. The van der Waals surface area contributed by atoms with Crippen molar-refractivity contribution < 1.29 is 14.3 Å². The summed E-state index contributed by atoms with van der Waals surface area (Å²) in [6.45, 7) is 0.578. The second-order valence-corrected chi connectivity index (χ2v) is 6.10. The molecule has 19 heavy (non-hydrogen) atoms. The Morgan fingerprint density at radius 2 is 1.95 bits per heavy atom. The number of halogens is 3. The first kappa shape index (κ1) is 13.2. The zero-order chi connectivity index (χ0) is 13.8. The summed E-state index contributed by atoms with van der Waals surface area (Å²) in [4.78, 5) is 13.6. The van der Waals surface area contributed by atoms with Gasteiger partial charge in [-0.2, -0.15) is 0 Å². The number of likely N-dealkylation sites (tertiary alicyclic amines) is 1. The Morgan fingerprint density at radius 3 is 2.53 bits per heavy atom. The highest BCUT2D eigenvalue weighted by Crippen LogP contribution is 2.45. The fraction of sp³-hybridized carbons (Fsp3) is 0.462. The zero-order valence-corrected chi connectivity index (χ0v) is 11.5. The number of aliphatic hydroxyl groups is 1. The summed E-state index contributed by atoms with van der Waals surface area (Å²) >= 11 is 11.5. The lowest BCUT2D eigenvalue weighted by atomic mass is 9.88. The third-order valence-corrected chi connectivity index (χ3v) is 4.40. The molecule has 0 spiro atoms. The Labute approximate surface area is 119 Å². The summed E-state index contributed by atoms with van der Waals surface area (Å²) in [6, 6.07) is 2.26. The van der Waals surface area contributed by atoms with Gasteiger partial charge in [0.1, 0.15) is 11.4 Å². The van der Waals surface area contributed by atoms with Crippen LogP contribution < -0.4 is 0 Å². The molecular weight excluding hydrogens is 292 g/mol. The summed E-state index contributed by atoms with van der Waals surface area (Å²) in [6.07, 6.45) is 2.02. The van der Waals surface area contributed by atoms with Crippen LogP contribution >= 0.6 is 23.2 Å². The van der Waals surface area contributed by atoms with Crippen molar-refractivity contribution in [3.05, 3.63) is 33.6 Å². The average molecular weight is 304 g/mol. The maximum Gasteiger partial charge on any atom is 0.255 e. The number of amides is 1. The molecular formula is C13H12Cl2FNO2. The maximum absolute atomic E-state index is 13.4. The van der Waals surface area contributed by atoms with Crippen LogP contribution in [0.4, 0.5) is 4.39 Å². The van der Waals surface area contributed by atoms with E-state index in [1.165, 1.54) is 11.0 Å². The third-order valence-electron chi connectivity index (χ3n) is 3.79. The van der Waals surface area contributed by atoms with Crippen molar-refractivity contribution in [1.82, 2.24) is 4.90 Å². The van der Waals surface area contributed by atoms with E-state index in [1.807, 2.05) is 0 Å². The van der Waals surface area contributed by atoms with Crippen molar-refractivity contribution in [2.24, 2.45) is 5.92 Å². The van der Waals surface area contributed by atoms with Gasteiger partial charge in [-0.3, -0.25) is 4.79 Å². The molecule has 3 nitrogen and oxygen atoms in total. The van der Waals surface area contributed by atoms with E-state index in [1.54, 1.807) is 0 Å². The lowest BCUT2D eigenvalue weighted by molar-refractivity contribution is -0.0958. The highest BCUT2D eigenvalue weighted by Gasteiger charge is 2.53. The van der Waals surface area contributed by atoms with Crippen molar-refractivity contribution >= 4 is 29.1 Å². The molecule has 3 rings (SSSR count). The molecule has 102 valence electrons. The Kier molecular flexibility index (Phi) is 3.00. The SMILES string of the molecule is O=C(c1cc(F)c(Cl)cc1Cl)N1CC(O)(C2CC2)C1. The molecule has 1 aromatic carbocycles. The summed E-state index contributed by atoms with van der Waals surface area (Å²) in [7, 11) is 0. The number of nitrogens with zero attached hydrogens (tertiary/aromatic N) is 1. The summed E-state index contributed by atoms with van der Waals surface area (Å²) in [5.41, 5.74) is -0.672. The number of β-amino-alcohol motifs (C(OH)–C–C–N with tert-alkyl or cyclic N) is 1. The number of hydrogen-bond acceptors (Lipinski definition) is 2. The molecule has 1 N–H and O–H groups in total. The fourth-order valence-corrected chi connectivity index (χ4v) is 2.96. The molecule has 2 fully saturated rings. The van der Waals surface area contributed by atoms with Gasteiger partial charge in [-0.05, 0) is 30.9 Å². The van der Waals surface area contributed by atoms with Crippen LogP contribution in [0.5, 0.6) is 0 Å². The Bertz CT molecular complexity index is 554. The molecule has 1 aromatic rings. The van der Waals surface area contributed by atoms with Crippen molar-refractivity contribution in [3.8, 4) is 0 Å². The predicted octanol–water partition coefficient (Wildman–Crippen LogP) is 2.73. The smallest absolute Gasteiger partial charge is 0.255 e. The van der Waals surface area contributed by atoms with Gasteiger partial charge < -0.3 is 10.0 Å². The molecule has 6 heteroatoms. The van der Waals surface area contributed by atoms with Crippen molar-refractivity contribution in [1.29, 1.82) is 0 Å². The second-order valence-electron chi connectivity index (χ2n) is 5.29. The van der Waals surface area contributed by atoms with Crippen LogP contribution in [0.25, 0.3) is 0 Å². The monoisotopic (exact) mass is 303 g/mol. The fourth-order valence-electron chi connectivity index (χ4n) is 2.49. The number of rotatable bonds is 2. The molecule has 1 heterocycles. The molecule has 0 aromatic heterocycles. The molecule has 1 aliphatic carbocycles. The first-order valence-electron chi connectivity index (χ1n) is 6.07. The highest BCUT2D eigenvalue weighted by molar-refractivity contribution is 6.36. The molecule has 0 radical (unpaired) electrons. The molecule has 1 saturated heterocycles. The predicted molar refractivity (Wildman–Crippen MR) is 70.0 cm³/mol. The van der Waals surface area contributed by atoms with Crippen LogP contribution in [-0.4, -0.2) is 34.6 Å². The minimum Gasteiger partial charge on any atom is -0.386 e. The van der Waals surface area contributed by atoms with Gasteiger partial charge in [-0.15, -0.1) is 0 Å². The van der Waals surface area contributed by atoms with Gasteiger partial charge in [-0.25, -0.2) is 4.39 Å². The standard InChI is InChI=1S/C13H12Cl2FNO2/c14-9-4-10(15)11(16)3-8(9)12(18)17-5-13(19,6-17)7-1-2-7/h3-4,7,19H,1-2,5-6H2. The van der Waals surface area contributed by atoms with Crippen molar-refractivity contribution in [3.63, 3.8) is 0 Å².